The number of nitriles is 2. The van der Waals surface area contributed by atoms with Crippen LogP contribution in [0.3, 0.4) is 0 Å². The van der Waals surface area contributed by atoms with E-state index in [0.717, 1.165) is 89.4 Å². The van der Waals surface area contributed by atoms with E-state index in [1.165, 1.54) is 95.1 Å². The summed E-state index contributed by atoms with van der Waals surface area (Å²) in [6.07, 6.45) is -4.66. The van der Waals surface area contributed by atoms with Gasteiger partial charge in [-0.05, 0) is 274 Å². The van der Waals surface area contributed by atoms with Gasteiger partial charge in [-0.25, -0.2) is 0 Å². The minimum absolute atomic E-state index is 0.105. The molecule has 13 aromatic rings. The lowest BCUT2D eigenvalue weighted by Gasteiger charge is -2.21. The van der Waals surface area contributed by atoms with E-state index in [2.05, 4.69) is 226 Å². The van der Waals surface area contributed by atoms with Crippen molar-refractivity contribution in [3.05, 3.63) is 259 Å². The van der Waals surface area contributed by atoms with Gasteiger partial charge in [0.2, 0.25) is 0 Å². The lowest BCUT2D eigenvalue weighted by Crippen LogP contribution is -2.05. The molecular formula is C81H65F3N4. The Hall–Kier alpha value is -10.2. The number of aromatic nitrogens is 2. The number of aryl methyl sites for hydroxylation is 12. The smallest absolute Gasteiger partial charge is 0.309 e. The van der Waals surface area contributed by atoms with Crippen LogP contribution in [0, 0.1) is 106 Å². The Bertz CT molecular complexity index is 4920. The normalized spacial score (nSPS) is 11.8. The van der Waals surface area contributed by atoms with Gasteiger partial charge in [0, 0.05) is 32.7 Å². The Labute approximate surface area is 512 Å². The minimum Gasteiger partial charge on any atom is -0.309 e. The molecule has 0 N–H and O–H groups in total. The monoisotopic (exact) mass is 1150 g/mol. The topological polar surface area (TPSA) is 57.4 Å². The van der Waals surface area contributed by atoms with Crippen LogP contribution in [0.5, 0.6) is 0 Å². The quantitative estimate of drug-likeness (QED) is 0.152. The molecule has 13 rings (SSSR count). The van der Waals surface area contributed by atoms with Crippen LogP contribution in [0.4, 0.5) is 13.2 Å². The molecule has 430 valence electrons. The van der Waals surface area contributed by atoms with E-state index in [1.807, 2.05) is 36.4 Å². The first-order valence-corrected chi connectivity index (χ1v) is 29.9. The van der Waals surface area contributed by atoms with E-state index in [9.17, 15) is 23.7 Å². The molecule has 0 bridgehead atoms. The molecule has 0 radical (unpaired) electrons. The molecule has 0 saturated heterocycles. The second kappa shape index (κ2) is 21.3. The summed E-state index contributed by atoms with van der Waals surface area (Å²) in [5.74, 6) is 0. The molecule has 0 aliphatic carbocycles. The van der Waals surface area contributed by atoms with E-state index in [0.29, 0.717) is 27.8 Å². The molecule has 0 aliphatic heterocycles. The van der Waals surface area contributed by atoms with E-state index >= 15 is 0 Å². The van der Waals surface area contributed by atoms with Gasteiger partial charge in [-0.15, -0.1) is 0 Å². The van der Waals surface area contributed by atoms with Crippen molar-refractivity contribution < 1.29 is 13.2 Å². The number of rotatable bonds is 8. The third kappa shape index (κ3) is 9.54. The summed E-state index contributed by atoms with van der Waals surface area (Å²) in [6.45, 7) is 25.9. The Morgan fingerprint density at radius 3 is 0.943 bits per heavy atom. The Morgan fingerprint density at radius 1 is 0.307 bits per heavy atom. The first kappa shape index (κ1) is 56.9. The molecule has 7 heteroatoms. The molecule has 4 nitrogen and oxygen atoms in total. The molecule has 0 atom stereocenters. The number of benzene rings is 11. The molecule has 11 aromatic carbocycles. The fraction of sp³-hybridized carbons (Fsp3) is 0.160. The van der Waals surface area contributed by atoms with Gasteiger partial charge in [-0.3, -0.25) is 0 Å². The van der Waals surface area contributed by atoms with Gasteiger partial charge in [0.05, 0.1) is 62.3 Å². The highest BCUT2D eigenvalue weighted by atomic mass is 19.4. The highest BCUT2D eigenvalue weighted by Gasteiger charge is 2.32. The summed E-state index contributed by atoms with van der Waals surface area (Å²) in [7, 11) is 0. The standard InChI is InChI=1S/C81H65F3N4/c1-44-27-48(5)77(49(6)28-44)58-15-23-73-67(38-58)68-39-59(78-50(7)29-45(2)30-51(78)8)16-24-74(68)87(73)71-21-13-56(42-85)35-65(71)66-37-57(64-20-19-63(81(82,83)84)36-62(64)43-86)14-22-72(66)88-75-25-17-60(79-52(9)31-46(3)32-53(79)10)40-69(75)70-41-61(18-26-76(70)88)80-54(11)33-47(4)34-55(80)12/h13-41H,1-12H3. The van der Waals surface area contributed by atoms with Crippen molar-refractivity contribution in [2.45, 2.75) is 89.3 Å². The summed E-state index contributed by atoms with van der Waals surface area (Å²) >= 11 is 0. The predicted octanol–water partition coefficient (Wildman–Crippen LogP) is 22.3. The van der Waals surface area contributed by atoms with Crippen molar-refractivity contribution in [3.63, 3.8) is 0 Å². The lowest BCUT2D eigenvalue weighted by atomic mass is 9.91. The molecule has 88 heavy (non-hydrogen) atoms. The molecular weight excluding hydrogens is 1090 g/mol. The lowest BCUT2D eigenvalue weighted by molar-refractivity contribution is -0.137. The van der Waals surface area contributed by atoms with Crippen LogP contribution < -0.4 is 0 Å². The van der Waals surface area contributed by atoms with Gasteiger partial charge in [0.1, 0.15) is 0 Å². The second-order valence-corrected chi connectivity index (χ2v) is 24.6. The molecule has 2 aromatic heterocycles. The maximum Gasteiger partial charge on any atom is 0.416 e. The Kier molecular flexibility index (Phi) is 13.8. The average Bonchev–Trinajstić information content (AvgIpc) is 1.65. The van der Waals surface area contributed by atoms with Gasteiger partial charge < -0.3 is 9.13 Å². The van der Waals surface area contributed by atoms with Gasteiger partial charge in [0.25, 0.3) is 0 Å². The van der Waals surface area contributed by atoms with E-state index in [-0.39, 0.29) is 5.56 Å². The van der Waals surface area contributed by atoms with E-state index in [4.69, 9.17) is 0 Å². The highest BCUT2D eigenvalue weighted by molar-refractivity contribution is 6.14. The van der Waals surface area contributed by atoms with E-state index in [1.54, 1.807) is 0 Å². The minimum atomic E-state index is -4.66. The summed E-state index contributed by atoms with van der Waals surface area (Å²) in [6, 6.07) is 64.5. The molecule has 0 spiro atoms. The van der Waals surface area contributed by atoms with Crippen molar-refractivity contribution >= 4 is 43.6 Å². The fourth-order valence-corrected chi connectivity index (χ4v) is 14.9. The van der Waals surface area contributed by atoms with Crippen molar-refractivity contribution in [1.29, 1.82) is 10.5 Å². The van der Waals surface area contributed by atoms with Crippen LogP contribution in [0.25, 0.3) is 122 Å². The number of halogens is 3. The maximum atomic E-state index is 14.4. The summed E-state index contributed by atoms with van der Waals surface area (Å²) < 4.78 is 47.8. The summed E-state index contributed by atoms with van der Waals surface area (Å²) in [5, 5.41) is 25.8. The predicted molar refractivity (Wildman–Crippen MR) is 359 cm³/mol. The summed E-state index contributed by atoms with van der Waals surface area (Å²) in [5.41, 5.74) is 30.6. The van der Waals surface area contributed by atoms with Gasteiger partial charge in [-0.2, -0.15) is 23.7 Å². The maximum absolute atomic E-state index is 14.4. The number of fused-ring (bicyclic) bond motifs is 6. The molecule has 0 unspecified atom stereocenters. The first-order valence-electron chi connectivity index (χ1n) is 29.9. The zero-order valence-electron chi connectivity index (χ0n) is 51.7. The number of nitrogens with zero attached hydrogens (tertiary/aromatic N) is 4. The molecule has 0 amide bonds. The van der Waals surface area contributed by atoms with Gasteiger partial charge in [0.15, 0.2) is 0 Å². The number of alkyl halides is 3. The SMILES string of the molecule is Cc1cc(C)c(-c2ccc3c(c2)c2cc(-c4c(C)cc(C)cc4C)ccc2n3-c2ccc(C#N)cc2-c2cc(-c3ccc(C(F)(F)F)cc3C#N)ccc2-n2c3ccc(-c4c(C)cc(C)cc4C)cc3c3cc(-c4c(C)cc(C)cc4C)ccc32)c(C)c1. The fourth-order valence-electron chi connectivity index (χ4n) is 14.9. The van der Waals surface area contributed by atoms with Crippen LogP contribution in [0.2, 0.25) is 0 Å². The first-order chi connectivity index (χ1) is 42.1. The largest absolute Gasteiger partial charge is 0.416 e. The van der Waals surface area contributed by atoms with Crippen molar-refractivity contribution in [2.24, 2.45) is 0 Å². The van der Waals surface area contributed by atoms with Crippen molar-refractivity contribution in [3.8, 4) is 90.3 Å². The van der Waals surface area contributed by atoms with E-state index < -0.39 is 11.7 Å². The van der Waals surface area contributed by atoms with Crippen LogP contribution in [-0.2, 0) is 6.18 Å². The molecule has 0 aliphatic rings. The zero-order valence-corrected chi connectivity index (χ0v) is 51.7. The zero-order chi connectivity index (χ0) is 61.9. The Balaban J connectivity index is 1.15. The van der Waals surface area contributed by atoms with Gasteiger partial charge >= 0.3 is 6.18 Å². The second-order valence-electron chi connectivity index (χ2n) is 24.6. The highest BCUT2D eigenvalue weighted by Crippen LogP contribution is 2.47. The summed E-state index contributed by atoms with van der Waals surface area (Å²) in [4.78, 5) is 0. The average molecular weight is 1150 g/mol. The van der Waals surface area contributed by atoms with Crippen LogP contribution >= 0.6 is 0 Å². The van der Waals surface area contributed by atoms with Crippen molar-refractivity contribution in [2.75, 3.05) is 0 Å². The third-order valence-electron chi connectivity index (χ3n) is 18.1. The molecule has 2 heterocycles. The van der Waals surface area contributed by atoms with Crippen LogP contribution in [-0.4, -0.2) is 9.13 Å². The molecule has 0 saturated carbocycles. The number of hydrogen-bond acceptors (Lipinski definition) is 2. The van der Waals surface area contributed by atoms with Crippen LogP contribution in [0.1, 0.15) is 83.5 Å². The Morgan fingerprint density at radius 2 is 0.625 bits per heavy atom. The third-order valence-corrected chi connectivity index (χ3v) is 18.1. The molecule has 0 fully saturated rings. The van der Waals surface area contributed by atoms with Gasteiger partial charge in [-0.1, -0.05) is 107 Å². The van der Waals surface area contributed by atoms with Crippen LogP contribution in [0.15, 0.2) is 176 Å². The number of hydrogen-bond donors (Lipinski definition) is 0. The van der Waals surface area contributed by atoms with Crippen molar-refractivity contribution in [1.82, 2.24) is 9.13 Å².